The van der Waals surface area contributed by atoms with E-state index in [1.165, 1.54) is 16.5 Å². The van der Waals surface area contributed by atoms with Gasteiger partial charge in [-0.3, -0.25) is 9.69 Å². The molecule has 148 valence electrons. The molecule has 3 aromatic rings. The third-order valence-electron chi connectivity index (χ3n) is 4.85. The smallest absolute Gasteiger partial charge is 0.251 e. The highest BCUT2D eigenvalue weighted by molar-refractivity contribution is 7.11. The average Bonchev–Trinajstić information content (AvgIpc) is 2.99. The Morgan fingerprint density at radius 3 is 2.54 bits per heavy atom. The molecule has 2 aromatic heterocycles. The van der Waals surface area contributed by atoms with Gasteiger partial charge in [0.1, 0.15) is 5.82 Å². The normalized spacial score (nSPS) is 12.5. The summed E-state index contributed by atoms with van der Waals surface area (Å²) in [6.07, 6.45) is 0.590. The molecule has 0 radical (unpaired) electrons. The van der Waals surface area contributed by atoms with Gasteiger partial charge in [-0.1, -0.05) is 24.3 Å². The number of aromatic amines is 1. The van der Waals surface area contributed by atoms with E-state index in [0.717, 1.165) is 22.8 Å². The Bertz CT molecular complexity index is 993. The van der Waals surface area contributed by atoms with E-state index in [2.05, 4.69) is 52.9 Å². The van der Waals surface area contributed by atoms with Crippen molar-refractivity contribution < 1.29 is 0 Å². The van der Waals surface area contributed by atoms with Gasteiger partial charge in [0.05, 0.1) is 16.7 Å². The summed E-state index contributed by atoms with van der Waals surface area (Å²) in [5.41, 5.74) is 9.39. The molecule has 0 fully saturated rings. The van der Waals surface area contributed by atoms with Crippen molar-refractivity contribution in [1.29, 1.82) is 0 Å². The van der Waals surface area contributed by atoms with Crippen LogP contribution in [0.4, 0.5) is 0 Å². The fraction of sp³-hybridized carbons (Fsp3) is 0.381. The van der Waals surface area contributed by atoms with E-state index in [4.69, 9.17) is 5.73 Å². The molecule has 2 heterocycles. The van der Waals surface area contributed by atoms with Crippen LogP contribution in [-0.4, -0.2) is 33.4 Å². The molecule has 3 N–H and O–H groups in total. The Hall–Kier alpha value is -2.35. The van der Waals surface area contributed by atoms with Crippen LogP contribution >= 0.6 is 11.3 Å². The first-order chi connectivity index (χ1) is 13.4. The molecule has 0 aliphatic carbocycles. The van der Waals surface area contributed by atoms with Gasteiger partial charge < -0.3 is 10.7 Å². The summed E-state index contributed by atoms with van der Waals surface area (Å²) in [7, 11) is 2.11. The largest absolute Gasteiger partial charge is 0.330 e. The number of nitrogens with zero attached hydrogens (tertiary/aromatic N) is 3. The number of nitrogens with one attached hydrogen (secondary N) is 1. The van der Waals surface area contributed by atoms with Crippen LogP contribution in [0.1, 0.15) is 39.8 Å². The number of thiazole rings is 1. The summed E-state index contributed by atoms with van der Waals surface area (Å²) in [6.45, 7) is 7.65. The van der Waals surface area contributed by atoms with Crippen molar-refractivity contribution in [3.05, 3.63) is 67.5 Å². The highest BCUT2D eigenvalue weighted by atomic mass is 32.1. The number of H-pyrrole nitrogens is 1. The van der Waals surface area contributed by atoms with Crippen LogP contribution in [-0.2, 0) is 13.0 Å². The second-order valence-corrected chi connectivity index (χ2v) is 8.49. The lowest BCUT2D eigenvalue weighted by Crippen LogP contribution is -2.22. The molecule has 0 saturated heterocycles. The van der Waals surface area contributed by atoms with Crippen molar-refractivity contribution in [3.8, 4) is 11.4 Å². The topological polar surface area (TPSA) is 87.9 Å². The maximum absolute atomic E-state index is 11.9. The second kappa shape index (κ2) is 8.77. The SMILES string of the molecule is Cc1nc(C(C)N(C)Cc2ccc(-c3nc(CCN)cc(=O)[nH]3)cc2)c(C)s1. The summed E-state index contributed by atoms with van der Waals surface area (Å²) in [4.78, 5) is 27.4. The summed E-state index contributed by atoms with van der Waals surface area (Å²) in [5.74, 6) is 0.581. The fourth-order valence-corrected chi connectivity index (χ4v) is 4.16. The lowest BCUT2D eigenvalue weighted by Gasteiger charge is -2.24. The first kappa shape index (κ1) is 20.4. The predicted octanol–water partition coefficient (Wildman–Crippen LogP) is 3.20. The third-order valence-corrected chi connectivity index (χ3v) is 5.75. The molecule has 0 spiro atoms. The number of hydrogen-bond acceptors (Lipinski definition) is 6. The number of hydrogen-bond donors (Lipinski definition) is 2. The quantitative estimate of drug-likeness (QED) is 0.639. The molecule has 0 amide bonds. The van der Waals surface area contributed by atoms with E-state index in [0.29, 0.717) is 24.5 Å². The van der Waals surface area contributed by atoms with E-state index in [-0.39, 0.29) is 11.6 Å². The number of nitrogens with two attached hydrogens (primary N) is 1. The van der Waals surface area contributed by atoms with Gasteiger partial charge in [0.15, 0.2) is 0 Å². The minimum atomic E-state index is -0.153. The third kappa shape index (κ3) is 4.73. The first-order valence-corrected chi connectivity index (χ1v) is 10.2. The van der Waals surface area contributed by atoms with E-state index >= 15 is 0 Å². The van der Waals surface area contributed by atoms with E-state index in [9.17, 15) is 4.79 Å². The lowest BCUT2D eigenvalue weighted by molar-refractivity contribution is 0.248. The lowest BCUT2D eigenvalue weighted by atomic mass is 10.1. The Labute approximate surface area is 169 Å². The molecule has 0 aliphatic rings. The molecular weight excluding hydrogens is 370 g/mol. The van der Waals surface area contributed by atoms with E-state index in [1.807, 2.05) is 19.1 Å². The van der Waals surface area contributed by atoms with Crippen molar-refractivity contribution in [2.45, 2.75) is 39.8 Å². The zero-order valence-corrected chi connectivity index (χ0v) is 17.6. The Morgan fingerprint density at radius 1 is 1.21 bits per heavy atom. The van der Waals surface area contributed by atoms with E-state index in [1.54, 1.807) is 11.3 Å². The van der Waals surface area contributed by atoms with Crippen LogP contribution in [0, 0.1) is 13.8 Å². The van der Waals surface area contributed by atoms with Crippen molar-refractivity contribution in [2.24, 2.45) is 5.73 Å². The number of rotatable bonds is 7. The van der Waals surface area contributed by atoms with Crippen molar-refractivity contribution in [3.63, 3.8) is 0 Å². The first-order valence-electron chi connectivity index (χ1n) is 9.41. The molecule has 0 saturated carbocycles. The van der Waals surface area contributed by atoms with Gasteiger partial charge in [-0.25, -0.2) is 9.97 Å². The Kier molecular flexibility index (Phi) is 6.39. The Balaban J connectivity index is 1.74. The molecule has 1 aromatic carbocycles. The van der Waals surface area contributed by atoms with Gasteiger partial charge in [0.2, 0.25) is 0 Å². The van der Waals surface area contributed by atoms with Crippen molar-refractivity contribution >= 4 is 11.3 Å². The van der Waals surface area contributed by atoms with Gasteiger partial charge in [-0.05, 0) is 39.9 Å². The summed E-state index contributed by atoms with van der Waals surface area (Å²) in [5, 5.41) is 1.11. The number of aryl methyl sites for hydroxylation is 2. The van der Waals surface area contributed by atoms with E-state index < -0.39 is 0 Å². The van der Waals surface area contributed by atoms with Gasteiger partial charge in [0, 0.05) is 35.2 Å². The van der Waals surface area contributed by atoms with Gasteiger partial charge in [-0.15, -0.1) is 11.3 Å². The molecule has 7 heteroatoms. The highest BCUT2D eigenvalue weighted by Gasteiger charge is 2.17. The summed E-state index contributed by atoms with van der Waals surface area (Å²) in [6, 6.07) is 9.90. The second-order valence-electron chi connectivity index (χ2n) is 7.09. The van der Waals surface area contributed by atoms with Gasteiger partial charge >= 0.3 is 0 Å². The van der Waals surface area contributed by atoms with Crippen LogP contribution < -0.4 is 11.3 Å². The van der Waals surface area contributed by atoms with Crippen molar-refractivity contribution in [1.82, 2.24) is 19.9 Å². The minimum absolute atomic E-state index is 0.153. The molecule has 1 unspecified atom stereocenters. The van der Waals surface area contributed by atoms with Crippen LogP contribution in [0.2, 0.25) is 0 Å². The molecule has 0 aliphatic heterocycles. The van der Waals surface area contributed by atoms with Crippen LogP contribution in [0.25, 0.3) is 11.4 Å². The van der Waals surface area contributed by atoms with Crippen LogP contribution in [0.15, 0.2) is 35.1 Å². The molecule has 6 nitrogen and oxygen atoms in total. The fourth-order valence-electron chi connectivity index (χ4n) is 3.25. The Morgan fingerprint density at radius 2 is 1.93 bits per heavy atom. The minimum Gasteiger partial charge on any atom is -0.330 e. The predicted molar refractivity (Wildman–Crippen MR) is 115 cm³/mol. The maximum atomic E-state index is 11.9. The molecular formula is C21H27N5OS. The van der Waals surface area contributed by atoms with Gasteiger partial charge in [-0.2, -0.15) is 0 Å². The molecule has 3 rings (SSSR count). The number of benzene rings is 1. The summed E-state index contributed by atoms with van der Waals surface area (Å²) < 4.78 is 0. The number of aromatic nitrogens is 3. The standard InChI is InChI=1S/C21H27N5OS/c1-13(20-14(2)28-15(3)23-20)26(4)12-16-5-7-17(8-6-16)21-24-18(9-10-22)11-19(27)25-21/h5-8,11,13H,9-10,12,22H2,1-4H3,(H,24,25,27). The van der Waals surface area contributed by atoms with Crippen LogP contribution in [0.3, 0.4) is 0 Å². The van der Waals surface area contributed by atoms with Crippen LogP contribution in [0.5, 0.6) is 0 Å². The zero-order chi connectivity index (χ0) is 20.3. The zero-order valence-electron chi connectivity index (χ0n) is 16.8. The molecule has 0 bridgehead atoms. The molecule has 28 heavy (non-hydrogen) atoms. The maximum Gasteiger partial charge on any atom is 0.251 e. The van der Waals surface area contributed by atoms with Gasteiger partial charge in [0.25, 0.3) is 5.56 Å². The monoisotopic (exact) mass is 397 g/mol. The average molecular weight is 398 g/mol. The van der Waals surface area contributed by atoms with Crippen molar-refractivity contribution in [2.75, 3.05) is 13.6 Å². The molecule has 1 atom stereocenters. The highest BCUT2D eigenvalue weighted by Crippen LogP contribution is 2.27. The summed E-state index contributed by atoms with van der Waals surface area (Å²) >= 11 is 1.74.